The fraction of sp³-hybridized carbons (Fsp3) is 0.562. The van der Waals surface area contributed by atoms with E-state index in [-0.39, 0.29) is 12.0 Å². The minimum absolute atomic E-state index is 0.0602. The molecule has 1 aliphatic heterocycles. The molecule has 7 heteroatoms. The van der Waals surface area contributed by atoms with Gasteiger partial charge in [-0.25, -0.2) is 0 Å². The van der Waals surface area contributed by atoms with Crippen LogP contribution in [0.2, 0.25) is 5.02 Å². The summed E-state index contributed by atoms with van der Waals surface area (Å²) >= 11 is 5.95. The molecule has 0 spiro atoms. The molecule has 1 fully saturated rings. The molecule has 0 radical (unpaired) electrons. The summed E-state index contributed by atoms with van der Waals surface area (Å²) in [5.41, 5.74) is 6.07. The lowest BCUT2D eigenvalue weighted by molar-refractivity contribution is -0.127. The van der Waals surface area contributed by atoms with E-state index in [2.05, 4.69) is 5.32 Å². The fourth-order valence-corrected chi connectivity index (χ4v) is 2.26. The van der Waals surface area contributed by atoms with Crippen LogP contribution in [0.15, 0.2) is 24.3 Å². The van der Waals surface area contributed by atoms with E-state index in [0.717, 1.165) is 6.42 Å². The minimum atomic E-state index is -1.50. The Morgan fingerprint density at radius 1 is 1.43 bits per heavy atom. The maximum Gasteiger partial charge on any atom is 0.252 e. The number of aliphatic hydroxyl groups is 2. The van der Waals surface area contributed by atoms with E-state index in [4.69, 9.17) is 32.3 Å². The Balaban J connectivity index is 0.000000463. The molecular formula is C16H25ClN2O4. The van der Waals surface area contributed by atoms with Crippen molar-refractivity contribution in [2.45, 2.75) is 32.2 Å². The maximum absolute atomic E-state index is 11.9. The number of hydrogen-bond acceptors (Lipinski definition) is 5. The molecule has 5 N–H and O–H groups in total. The fourth-order valence-electron chi connectivity index (χ4n) is 2.03. The van der Waals surface area contributed by atoms with Crippen molar-refractivity contribution in [1.82, 2.24) is 5.32 Å². The molecule has 1 aromatic carbocycles. The number of amides is 1. The number of carbonyl (C=O) groups excluding carboxylic acids is 1. The Bertz CT molecular complexity index is 499. The first kappa shape index (κ1) is 19.9. The zero-order valence-corrected chi connectivity index (χ0v) is 14.2. The van der Waals surface area contributed by atoms with Gasteiger partial charge in [-0.3, -0.25) is 4.79 Å². The number of ether oxygens (including phenoxy) is 1. The van der Waals surface area contributed by atoms with Gasteiger partial charge in [0.1, 0.15) is 0 Å². The quantitative estimate of drug-likeness (QED) is 0.613. The van der Waals surface area contributed by atoms with E-state index in [0.29, 0.717) is 36.2 Å². The standard InChI is InChI=1S/C13H17ClN2O2.C3H8O2/c14-12-4-2-1-3-11(12)13(17)16-7-10-5-9(6-15)8-18-10;1-3(2,4)5/h1-4,9-10H,5-8,15H2,(H,16,17);4-5H,1-2H3. The van der Waals surface area contributed by atoms with Crippen molar-refractivity contribution in [3.63, 3.8) is 0 Å². The third-order valence-electron chi connectivity index (χ3n) is 3.11. The molecule has 0 aliphatic carbocycles. The van der Waals surface area contributed by atoms with E-state index in [1.54, 1.807) is 24.3 Å². The zero-order valence-electron chi connectivity index (χ0n) is 13.5. The first-order chi connectivity index (χ1) is 10.7. The Kier molecular flexibility index (Phi) is 7.94. The summed E-state index contributed by atoms with van der Waals surface area (Å²) in [7, 11) is 0. The van der Waals surface area contributed by atoms with Crippen molar-refractivity contribution in [3.8, 4) is 0 Å². The second-order valence-electron chi connectivity index (χ2n) is 5.98. The molecule has 1 heterocycles. The monoisotopic (exact) mass is 344 g/mol. The molecule has 2 unspecified atom stereocenters. The molecule has 130 valence electrons. The lowest BCUT2D eigenvalue weighted by Gasteiger charge is -2.11. The van der Waals surface area contributed by atoms with Crippen LogP contribution in [0.4, 0.5) is 0 Å². The normalized spacial score (nSPS) is 20.6. The number of benzene rings is 1. The summed E-state index contributed by atoms with van der Waals surface area (Å²) in [6, 6.07) is 6.99. The summed E-state index contributed by atoms with van der Waals surface area (Å²) in [4.78, 5) is 11.9. The van der Waals surface area contributed by atoms with Gasteiger partial charge >= 0.3 is 0 Å². The van der Waals surface area contributed by atoms with Crippen LogP contribution < -0.4 is 11.1 Å². The van der Waals surface area contributed by atoms with Crippen LogP contribution in [-0.4, -0.2) is 47.7 Å². The zero-order chi connectivity index (χ0) is 17.5. The summed E-state index contributed by atoms with van der Waals surface area (Å²) in [5, 5.41) is 19.5. The molecule has 1 aliphatic rings. The van der Waals surface area contributed by atoms with Crippen LogP contribution in [0.3, 0.4) is 0 Å². The van der Waals surface area contributed by atoms with Gasteiger partial charge in [0.05, 0.1) is 23.3 Å². The van der Waals surface area contributed by atoms with Crippen LogP contribution in [0.5, 0.6) is 0 Å². The van der Waals surface area contributed by atoms with Crippen LogP contribution in [0.1, 0.15) is 30.6 Å². The highest BCUT2D eigenvalue weighted by atomic mass is 35.5. The minimum Gasteiger partial charge on any atom is -0.376 e. The molecule has 2 atom stereocenters. The maximum atomic E-state index is 11.9. The highest BCUT2D eigenvalue weighted by molar-refractivity contribution is 6.33. The highest BCUT2D eigenvalue weighted by Gasteiger charge is 2.24. The van der Waals surface area contributed by atoms with Crippen LogP contribution in [0, 0.1) is 5.92 Å². The molecule has 23 heavy (non-hydrogen) atoms. The van der Waals surface area contributed by atoms with Gasteiger partial charge in [0, 0.05) is 6.54 Å². The topological polar surface area (TPSA) is 105 Å². The second kappa shape index (κ2) is 9.20. The summed E-state index contributed by atoms with van der Waals surface area (Å²) < 4.78 is 5.55. The predicted molar refractivity (Wildman–Crippen MR) is 89.2 cm³/mol. The van der Waals surface area contributed by atoms with Gasteiger partial charge in [0.25, 0.3) is 5.91 Å². The average Bonchev–Trinajstić information content (AvgIpc) is 2.91. The van der Waals surface area contributed by atoms with Gasteiger partial charge in [-0.2, -0.15) is 0 Å². The molecule has 6 nitrogen and oxygen atoms in total. The second-order valence-corrected chi connectivity index (χ2v) is 6.38. The lowest BCUT2D eigenvalue weighted by Crippen LogP contribution is -2.32. The van der Waals surface area contributed by atoms with Gasteiger partial charge in [-0.05, 0) is 44.9 Å². The number of halogens is 1. The third kappa shape index (κ3) is 8.29. The summed E-state index contributed by atoms with van der Waals surface area (Å²) in [5.74, 6) is -1.26. The third-order valence-corrected chi connectivity index (χ3v) is 3.44. The molecule has 0 aromatic heterocycles. The number of nitrogens with two attached hydrogens (primary N) is 1. The molecule has 1 aromatic rings. The van der Waals surface area contributed by atoms with E-state index in [1.807, 2.05) is 0 Å². The van der Waals surface area contributed by atoms with Crippen molar-refractivity contribution in [1.29, 1.82) is 0 Å². The van der Waals surface area contributed by atoms with Crippen molar-refractivity contribution in [3.05, 3.63) is 34.9 Å². The Morgan fingerprint density at radius 3 is 2.57 bits per heavy atom. The molecule has 0 bridgehead atoms. The molecule has 0 saturated carbocycles. The number of carbonyl (C=O) groups is 1. The molecule has 2 rings (SSSR count). The average molecular weight is 345 g/mol. The van der Waals surface area contributed by atoms with Gasteiger partial charge in [0.15, 0.2) is 5.79 Å². The largest absolute Gasteiger partial charge is 0.376 e. The number of hydrogen-bond donors (Lipinski definition) is 4. The first-order valence-electron chi connectivity index (χ1n) is 7.50. The van der Waals surface area contributed by atoms with Crippen LogP contribution >= 0.6 is 11.6 Å². The Morgan fingerprint density at radius 2 is 2.04 bits per heavy atom. The van der Waals surface area contributed by atoms with E-state index >= 15 is 0 Å². The van der Waals surface area contributed by atoms with Crippen molar-refractivity contribution in [2.24, 2.45) is 11.7 Å². The number of nitrogens with one attached hydrogen (secondary N) is 1. The van der Waals surface area contributed by atoms with Crippen LogP contribution in [0.25, 0.3) is 0 Å². The van der Waals surface area contributed by atoms with E-state index in [9.17, 15) is 4.79 Å². The first-order valence-corrected chi connectivity index (χ1v) is 7.87. The molecule has 1 saturated heterocycles. The Hall–Kier alpha value is -1.18. The van der Waals surface area contributed by atoms with E-state index < -0.39 is 5.79 Å². The SMILES string of the molecule is CC(C)(O)O.NCC1COC(CNC(=O)c2ccccc2Cl)C1. The van der Waals surface area contributed by atoms with Gasteiger partial charge in [-0.1, -0.05) is 23.7 Å². The van der Waals surface area contributed by atoms with Crippen molar-refractivity contribution < 1.29 is 19.7 Å². The lowest BCUT2D eigenvalue weighted by atomic mass is 10.1. The highest BCUT2D eigenvalue weighted by Crippen LogP contribution is 2.18. The summed E-state index contributed by atoms with van der Waals surface area (Å²) in [6.45, 7) is 4.42. The van der Waals surface area contributed by atoms with Gasteiger partial charge in [-0.15, -0.1) is 0 Å². The molecule has 1 amide bonds. The van der Waals surface area contributed by atoms with Gasteiger partial charge in [0.2, 0.25) is 0 Å². The van der Waals surface area contributed by atoms with Gasteiger partial charge < -0.3 is 26.0 Å². The molecular weight excluding hydrogens is 320 g/mol. The summed E-state index contributed by atoms with van der Waals surface area (Å²) in [6.07, 6.45) is 0.962. The van der Waals surface area contributed by atoms with Crippen molar-refractivity contribution in [2.75, 3.05) is 19.7 Å². The van der Waals surface area contributed by atoms with E-state index in [1.165, 1.54) is 13.8 Å². The predicted octanol–water partition coefficient (Wildman–Crippen LogP) is 1.14. The van der Waals surface area contributed by atoms with Crippen LogP contribution in [-0.2, 0) is 4.74 Å². The smallest absolute Gasteiger partial charge is 0.252 e. The number of rotatable bonds is 4. The van der Waals surface area contributed by atoms with Crippen molar-refractivity contribution >= 4 is 17.5 Å². The Labute approximate surface area is 141 Å².